The normalized spacial score (nSPS) is 14.9. The summed E-state index contributed by atoms with van der Waals surface area (Å²) in [5.41, 5.74) is 13.9. The van der Waals surface area contributed by atoms with Crippen molar-refractivity contribution in [1.29, 1.82) is 0 Å². The first kappa shape index (κ1) is 41.4. The molecule has 0 radical (unpaired) electrons. The minimum atomic E-state index is 0.223. The number of fused-ring (bicyclic) bond motifs is 6. The summed E-state index contributed by atoms with van der Waals surface area (Å²) in [6, 6.07) is 83.6. The molecule has 2 unspecified atom stereocenters. The number of nitrogens with zero attached hydrogens (tertiary/aromatic N) is 6. The van der Waals surface area contributed by atoms with Crippen molar-refractivity contribution in [2.24, 2.45) is 0 Å². The first-order valence-corrected chi connectivity index (χ1v) is 24.5. The van der Waals surface area contributed by atoms with Gasteiger partial charge in [-0.15, -0.1) is 0 Å². The van der Waals surface area contributed by atoms with Gasteiger partial charge in [-0.3, -0.25) is 9.80 Å². The Morgan fingerprint density at radius 3 is 1.11 bits per heavy atom. The zero-order valence-corrected chi connectivity index (χ0v) is 38.8. The smallest absolute Gasteiger partial charge is 0.138 e. The van der Waals surface area contributed by atoms with E-state index in [1.165, 1.54) is 67.6 Å². The van der Waals surface area contributed by atoms with E-state index in [-0.39, 0.29) is 12.1 Å². The second-order valence-electron chi connectivity index (χ2n) is 18.5. The molecule has 0 aliphatic heterocycles. The van der Waals surface area contributed by atoms with Crippen LogP contribution in [0, 0.1) is 0 Å². The lowest BCUT2D eigenvalue weighted by atomic mass is 9.89. The number of aromatic nitrogens is 4. The predicted molar refractivity (Wildman–Crippen MR) is 291 cm³/mol. The lowest BCUT2D eigenvalue weighted by Crippen LogP contribution is -2.26. The van der Waals surface area contributed by atoms with Crippen LogP contribution in [0.15, 0.2) is 243 Å². The zero-order chi connectivity index (χ0) is 46.4. The van der Waals surface area contributed by atoms with Crippen LogP contribution in [0.2, 0.25) is 0 Å². The molecule has 1 aliphatic rings. The number of hydrogen-bond donors (Lipinski definition) is 0. The molecule has 13 rings (SSSR count). The standard InChI is InChI=1S/C64H50N6/c1-5-19-45(20-6-1)47-37-39-65-63(41-47)67(49-23-9-3-10-24-49)51-33-35-59-55(43-51)53-27-13-15-29-57(53)69(59)61-31-17-18-32-62(61)70-58-30-16-14-28-54(58)56-44-52(34-36-60(56)70)68(50-25-11-4-12-26-50)64-42-48(38-40-66-64)46-21-7-2-8-22-46/h1-16,19-30,33-44,61-62H,17-18,31-32H2. The van der Waals surface area contributed by atoms with Crippen LogP contribution in [0.4, 0.5) is 34.4 Å². The summed E-state index contributed by atoms with van der Waals surface area (Å²) in [6.45, 7) is 0. The summed E-state index contributed by atoms with van der Waals surface area (Å²) in [4.78, 5) is 14.6. The fraction of sp³-hybridized carbons (Fsp3) is 0.0938. The molecule has 4 heterocycles. The van der Waals surface area contributed by atoms with Crippen LogP contribution in [-0.2, 0) is 0 Å². The first-order valence-electron chi connectivity index (χ1n) is 24.5. The molecule has 70 heavy (non-hydrogen) atoms. The molecule has 4 aromatic heterocycles. The average molecular weight is 903 g/mol. The van der Waals surface area contributed by atoms with Crippen molar-refractivity contribution in [3.05, 3.63) is 243 Å². The van der Waals surface area contributed by atoms with E-state index in [1.54, 1.807) is 0 Å². The molecule has 8 aromatic carbocycles. The van der Waals surface area contributed by atoms with Gasteiger partial charge >= 0.3 is 0 Å². The van der Waals surface area contributed by atoms with Gasteiger partial charge in [-0.1, -0.05) is 146 Å². The lowest BCUT2D eigenvalue weighted by Gasteiger charge is -2.36. The van der Waals surface area contributed by atoms with Gasteiger partial charge in [0.1, 0.15) is 11.6 Å². The Labute approximate surface area is 408 Å². The number of hydrogen-bond acceptors (Lipinski definition) is 4. The highest BCUT2D eigenvalue weighted by Crippen LogP contribution is 2.48. The fourth-order valence-electron chi connectivity index (χ4n) is 11.4. The summed E-state index contributed by atoms with van der Waals surface area (Å²) < 4.78 is 5.38. The van der Waals surface area contributed by atoms with Crippen molar-refractivity contribution in [2.75, 3.05) is 9.80 Å². The molecule has 2 atom stereocenters. The van der Waals surface area contributed by atoms with Gasteiger partial charge < -0.3 is 9.13 Å². The van der Waals surface area contributed by atoms with Gasteiger partial charge in [-0.25, -0.2) is 9.97 Å². The van der Waals surface area contributed by atoms with E-state index in [4.69, 9.17) is 9.97 Å². The molecule has 336 valence electrons. The molecule has 1 aliphatic carbocycles. The summed E-state index contributed by atoms with van der Waals surface area (Å²) in [6.07, 6.45) is 8.39. The number of para-hydroxylation sites is 4. The third-order valence-corrected chi connectivity index (χ3v) is 14.5. The number of rotatable bonds is 10. The molecule has 12 aromatic rings. The largest absolute Gasteiger partial charge is 0.335 e. The van der Waals surface area contributed by atoms with Crippen LogP contribution in [0.5, 0.6) is 0 Å². The quantitative estimate of drug-likeness (QED) is 0.137. The maximum absolute atomic E-state index is 5.00. The molecule has 0 bridgehead atoms. The predicted octanol–water partition coefficient (Wildman–Crippen LogP) is 17.3. The Morgan fingerprint density at radius 2 is 0.686 bits per heavy atom. The Balaban J connectivity index is 0.942. The van der Waals surface area contributed by atoms with Crippen molar-refractivity contribution in [3.8, 4) is 22.3 Å². The highest BCUT2D eigenvalue weighted by atomic mass is 15.2. The lowest BCUT2D eigenvalue weighted by molar-refractivity contribution is 0.259. The van der Waals surface area contributed by atoms with Crippen LogP contribution >= 0.6 is 0 Å². The van der Waals surface area contributed by atoms with E-state index in [9.17, 15) is 0 Å². The number of pyridine rings is 2. The molecule has 0 N–H and O–H groups in total. The summed E-state index contributed by atoms with van der Waals surface area (Å²) in [5, 5.41) is 5.02. The van der Waals surface area contributed by atoms with Gasteiger partial charge in [0.05, 0.1) is 12.1 Å². The fourth-order valence-corrected chi connectivity index (χ4v) is 11.4. The molecular formula is C64H50N6. The average Bonchev–Trinajstić information content (AvgIpc) is 3.94. The third-order valence-electron chi connectivity index (χ3n) is 14.5. The van der Waals surface area contributed by atoms with Gasteiger partial charge in [0.25, 0.3) is 0 Å². The van der Waals surface area contributed by atoms with Crippen LogP contribution in [-0.4, -0.2) is 19.1 Å². The zero-order valence-electron chi connectivity index (χ0n) is 38.8. The molecule has 0 spiro atoms. The minimum absolute atomic E-state index is 0.223. The Kier molecular flexibility index (Phi) is 10.5. The van der Waals surface area contributed by atoms with E-state index < -0.39 is 0 Å². The summed E-state index contributed by atoms with van der Waals surface area (Å²) in [7, 11) is 0. The van der Waals surface area contributed by atoms with Crippen molar-refractivity contribution in [2.45, 2.75) is 37.8 Å². The van der Waals surface area contributed by atoms with Gasteiger partial charge in [0, 0.05) is 78.8 Å². The summed E-state index contributed by atoms with van der Waals surface area (Å²) >= 11 is 0. The minimum Gasteiger partial charge on any atom is -0.335 e. The molecular weight excluding hydrogens is 853 g/mol. The van der Waals surface area contributed by atoms with Crippen LogP contribution < -0.4 is 9.80 Å². The van der Waals surface area contributed by atoms with Crippen molar-refractivity contribution in [3.63, 3.8) is 0 Å². The molecule has 6 nitrogen and oxygen atoms in total. The van der Waals surface area contributed by atoms with Crippen LogP contribution in [0.3, 0.4) is 0 Å². The maximum Gasteiger partial charge on any atom is 0.138 e. The second kappa shape index (κ2) is 17.7. The van der Waals surface area contributed by atoms with Gasteiger partial charge in [0.2, 0.25) is 0 Å². The Hall–Kier alpha value is -8.74. The molecule has 0 saturated heterocycles. The molecule has 6 heteroatoms. The molecule has 1 saturated carbocycles. The Morgan fingerprint density at radius 1 is 0.314 bits per heavy atom. The van der Waals surface area contributed by atoms with Gasteiger partial charge in [-0.05, 0) is 132 Å². The van der Waals surface area contributed by atoms with E-state index in [1.807, 2.05) is 12.4 Å². The molecule has 0 amide bonds. The van der Waals surface area contributed by atoms with E-state index >= 15 is 0 Å². The number of anilines is 6. The monoisotopic (exact) mass is 902 g/mol. The number of benzene rings is 8. The van der Waals surface area contributed by atoms with Crippen molar-refractivity contribution < 1.29 is 0 Å². The van der Waals surface area contributed by atoms with Crippen molar-refractivity contribution >= 4 is 78.0 Å². The summed E-state index contributed by atoms with van der Waals surface area (Å²) in [5.74, 6) is 1.75. The van der Waals surface area contributed by atoms with E-state index in [0.717, 1.165) is 58.4 Å². The van der Waals surface area contributed by atoms with Gasteiger partial charge in [0.15, 0.2) is 0 Å². The van der Waals surface area contributed by atoms with Crippen molar-refractivity contribution in [1.82, 2.24) is 19.1 Å². The molecule has 1 fully saturated rings. The van der Waals surface area contributed by atoms with E-state index in [2.05, 4.69) is 249 Å². The third kappa shape index (κ3) is 7.28. The van der Waals surface area contributed by atoms with Gasteiger partial charge in [-0.2, -0.15) is 0 Å². The topological polar surface area (TPSA) is 42.1 Å². The first-order chi connectivity index (χ1) is 34.7. The van der Waals surface area contributed by atoms with E-state index in [0.29, 0.717) is 0 Å². The highest BCUT2D eigenvalue weighted by molar-refractivity contribution is 6.11. The SMILES string of the molecule is c1ccc(-c2ccnc(N(c3ccccc3)c3ccc4c(c3)c3ccccc3n4C3CCCCC3n3c4ccccc4c4cc(N(c5ccccc5)c5cc(-c6ccccc6)ccn5)ccc43)c2)cc1. The highest BCUT2D eigenvalue weighted by Gasteiger charge is 2.33. The van der Waals surface area contributed by atoms with Crippen LogP contribution in [0.25, 0.3) is 65.9 Å². The maximum atomic E-state index is 5.00. The second-order valence-corrected chi connectivity index (χ2v) is 18.5. The van der Waals surface area contributed by atoms with Crippen LogP contribution in [0.1, 0.15) is 37.8 Å². The Bertz CT molecular complexity index is 3550.